The normalized spacial score (nSPS) is 24.3. The van der Waals surface area contributed by atoms with E-state index < -0.39 is 0 Å². The maximum Gasteiger partial charge on any atom is 0.191 e. The van der Waals surface area contributed by atoms with Gasteiger partial charge in [0, 0.05) is 18.0 Å². The van der Waals surface area contributed by atoms with Gasteiger partial charge in [0.05, 0.1) is 17.7 Å². The van der Waals surface area contributed by atoms with Gasteiger partial charge < -0.3 is 10.6 Å². The van der Waals surface area contributed by atoms with Crippen molar-refractivity contribution in [3.63, 3.8) is 0 Å². The number of nitrogens with zero attached hydrogens (tertiary/aromatic N) is 2. The SMILES string of the molecule is CN=C(NCc1scnc1C)NC1CCC(C)CC1. The molecule has 5 heteroatoms. The lowest BCUT2D eigenvalue weighted by molar-refractivity contribution is 0.329. The van der Waals surface area contributed by atoms with E-state index in [1.165, 1.54) is 30.6 Å². The van der Waals surface area contributed by atoms with Crippen LogP contribution in [0.15, 0.2) is 10.5 Å². The van der Waals surface area contributed by atoms with Gasteiger partial charge in [-0.05, 0) is 38.5 Å². The first-order valence-corrected chi connectivity index (χ1v) is 7.93. The Morgan fingerprint density at radius 2 is 2.16 bits per heavy atom. The van der Waals surface area contributed by atoms with Gasteiger partial charge in [-0.25, -0.2) is 4.98 Å². The highest BCUT2D eigenvalue weighted by Crippen LogP contribution is 2.23. The van der Waals surface area contributed by atoms with Gasteiger partial charge in [-0.1, -0.05) is 6.92 Å². The van der Waals surface area contributed by atoms with Crippen molar-refractivity contribution < 1.29 is 0 Å². The molecule has 1 fully saturated rings. The van der Waals surface area contributed by atoms with Crippen LogP contribution >= 0.6 is 11.3 Å². The maximum absolute atomic E-state index is 4.31. The number of aromatic nitrogens is 1. The van der Waals surface area contributed by atoms with Gasteiger partial charge >= 0.3 is 0 Å². The van der Waals surface area contributed by atoms with E-state index in [0.29, 0.717) is 6.04 Å². The van der Waals surface area contributed by atoms with E-state index in [2.05, 4.69) is 27.5 Å². The lowest BCUT2D eigenvalue weighted by Gasteiger charge is -2.28. The molecular formula is C14H24N4S. The van der Waals surface area contributed by atoms with E-state index in [1.54, 1.807) is 11.3 Å². The predicted molar refractivity (Wildman–Crippen MR) is 81.6 cm³/mol. The fourth-order valence-corrected chi connectivity index (χ4v) is 3.17. The molecule has 4 nitrogen and oxygen atoms in total. The molecule has 1 heterocycles. The topological polar surface area (TPSA) is 49.3 Å². The fourth-order valence-electron chi connectivity index (χ4n) is 2.45. The number of thiazole rings is 1. The van der Waals surface area contributed by atoms with E-state index in [9.17, 15) is 0 Å². The first-order valence-electron chi connectivity index (χ1n) is 7.05. The molecule has 0 bridgehead atoms. The van der Waals surface area contributed by atoms with E-state index in [-0.39, 0.29) is 0 Å². The lowest BCUT2D eigenvalue weighted by atomic mass is 9.87. The number of nitrogens with one attached hydrogen (secondary N) is 2. The van der Waals surface area contributed by atoms with Crippen molar-refractivity contribution in [1.82, 2.24) is 15.6 Å². The van der Waals surface area contributed by atoms with Gasteiger partial charge in [0.15, 0.2) is 5.96 Å². The Hall–Kier alpha value is -1.10. The summed E-state index contributed by atoms with van der Waals surface area (Å²) in [5.74, 6) is 1.79. The Morgan fingerprint density at radius 3 is 2.74 bits per heavy atom. The van der Waals surface area contributed by atoms with Crippen LogP contribution in [0.4, 0.5) is 0 Å². The predicted octanol–water partition coefficient (Wildman–Crippen LogP) is 2.70. The molecule has 0 radical (unpaired) electrons. The number of hydrogen-bond acceptors (Lipinski definition) is 3. The lowest BCUT2D eigenvalue weighted by Crippen LogP contribution is -2.44. The minimum Gasteiger partial charge on any atom is -0.354 e. The summed E-state index contributed by atoms with van der Waals surface area (Å²) in [6.07, 6.45) is 5.15. The highest BCUT2D eigenvalue weighted by Gasteiger charge is 2.18. The average molecular weight is 280 g/mol. The van der Waals surface area contributed by atoms with Gasteiger partial charge in [-0.3, -0.25) is 4.99 Å². The third kappa shape index (κ3) is 4.20. The monoisotopic (exact) mass is 280 g/mol. The molecule has 0 atom stereocenters. The average Bonchev–Trinajstić information content (AvgIpc) is 2.82. The first-order chi connectivity index (χ1) is 9.19. The molecule has 1 saturated carbocycles. The summed E-state index contributed by atoms with van der Waals surface area (Å²) in [6, 6.07) is 0.574. The summed E-state index contributed by atoms with van der Waals surface area (Å²) in [7, 11) is 1.83. The third-order valence-electron chi connectivity index (χ3n) is 3.84. The highest BCUT2D eigenvalue weighted by atomic mass is 32.1. The van der Waals surface area contributed by atoms with Crippen LogP contribution in [0.2, 0.25) is 0 Å². The van der Waals surface area contributed by atoms with Crippen LogP contribution in [0, 0.1) is 12.8 Å². The van der Waals surface area contributed by atoms with Crippen molar-refractivity contribution in [2.24, 2.45) is 10.9 Å². The van der Waals surface area contributed by atoms with Crippen molar-refractivity contribution in [2.75, 3.05) is 7.05 Å². The molecule has 2 N–H and O–H groups in total. The van der Waals surface area contributed by atoms with Crippen LogP contribution in [-0.2, 0) is 6.54 Å². The largest absolute Gasteiger partial charge is 0.354 e. The standard InChI is InChI=1S/C14H24N4S/c1-10-4-6-12(7-5-10)18-14(15-3)16-8-13-11(2)17-9-19-13/h9-10,12H,4-8H2,1-3H3,(H2,15,16,18). The second-order valence-corrected chi connectivity index (χ2v) is 6.33. The molecule has 106 valence electrons. The Bertz CT molecular complexity index is 419. The summed E-state index contributed by atoms with van der Waals surface area (Å²) in [5.41, 5.74) is 3.00. The smallest absolute Gasteiger partial charge is 0.191 e. The molecule has 0 unspecified atom stereocenters. The van der Waals surface area contributed by atoms with Crippen LogP contribution in [0.25, 0.3) is 0 Å². The number of hydrogen-bond donors (Lipinski definition) is 2. The van der Waals surface area contributed by atoms with E-state index in [0.717, 1.165) is 24.1 Å². The van der Waals surface area contributed by atoms with Crippen molar-refractivity contribution in [3.8, 4) is 0 Å². The van der Waals surface area contributed by atoms with Crippen LogP contribution in [-0.4, -0.2) is 24.0 Å². The minimum atomic E-state index is 0.574. The van der Waals surface area contributed by atoms with Crippen molar-refractivity contribution >= 4 is 17.3 Å². The Labute approximate surface area is 119 Å². The highest BCUT2D eigenvalue weighted by molar-refractivity contribution is 7.09. The zero-order chi connectivity index (χ0) is 13.7. The number of rotatable bonds is 3. The first kappa shape index (κ1) is 14.3. The van der Waals surface area contributed by atoms with Crippen LogP contribution in [0.1, 0.15) is 43.2 Å². The van der Waals surface area contributed by atoms with Crippen LogP contribution < -0.4 is 10.6 Å². The number of aliphatic imine (C=N–C) groups is 1. The fraction of sp³-hybridized carbons (Fsp3) is 0.714. The Morgan fingerprint density at radius 1 is 1.42 bits per heavy atom. The zero-order valence-electron chi connectivity index (χ0n) is 12.1. The summed E-state index contributed by atoms with van der Waals surface area (Å²) in [6.45, 7) is 5.20. The van der Waals surface area contributed by atoms with Gasteiger partial charge in [0.25, 0.3) is 0 Å². The summed E-state index contributed by atoms with van der Waals surface area (Å²) >= 11 is 1.69. The molecule has 0 spiro atoms. The third-order valence-corrected chi connectivity index (χ3v) is 4.78. The zero-order valence-corrected chi connectivity index (χ0v) is 12.9. The molecule has 1 aromatic heterocycles. The summed E-state index contributed by atoms with van der Waals surface area (Å²) < 4.78 is 0. The molecule has 0 saturated heterocycles. The van der Waals surface area contributed by atoms with E-state index in [4.69, 9.17) is 0 Å². The van der Waals surface area contributed by atoms with Gasteiger partial charge in [-0.15, -0.1) is 11.3 Å². The number of aryl methyl sites for hydroxylation is 1. The summed E-state index contributed by atoms with van der Waals surface area (Å²) in [5, 5.41) is 6.91. The summed E-state index contributed by atoms with van der Waals surface area (Å²) in [4.78, 5) is 9.85. The molecule has 0 aromatic carbocycles. The molecule has 1 aromatic rings. The van der Waals surface area contributed by atoms with Crippen LogP contribution in [0.3, 0.4) is 0 Å². The minimum absolute atomic E-state index is 0.574. The van der Waals surface area contributed by atoms with Gasteiger partial charge in [0.1, 0.15) is 0 Å². The molecule has 0 aliphatic heterocycles. The van der Waals surface area contributed by atoms with Crippen molar-refractivity contribution in [2.45, 2.75) is 52.1 Å². The molecule has 0 amide bonds. The molecule has 1 aliphatic rings. The van der Waals surface area contributed by atoms with E-state index in [1.807, 2.05) is 19.5 Å². The Kier molecular flexibility index (Phi) is 5.19. The molecular weight excluding hydrogens is 256 g/mol. The van der Waals surface area contributed by atoms with Crippen molar-refractivity contribution in [3.05, 3.63) is 16.1 Å². The number of guanidine groups is 1. The molecule has 19 heavy (non-hydrogen) atoms. The molecule has 2 rings (SSSR count). The van der Waals surface area contributed by atoms with Crippen LogP contribution in [0.5, 0.6) is 0 Å². The van der Waals surface area contributed by atoms with Crippen molar-refractivity contribution in [1.29, 1.82) is 0 Å². The molecule has 1 aliphatic carbocycles. The quantitative estimate of drug-likeness (QED) is 0.661. The second kappa shape index (κ2) is 6.89. The van der Waals surface area contributed by atoms with Gasteiger partial charge in [0.2, 0.25) is 0 Å². The maximum atomic E-state index is 4.31. The van der Waals surface area contributed by atoms with Gasteiger partial charge in [-0.2, -0.15) is 0 Å². The second-order valence-electron chi connectivity index (χ2n) is 5.39. The van der Waals surface area contributed by atoms with E-state index >= 15 is 0 Å². The Balaban J connectivity index is 1.79.